The summed E-state index contributed by atoms with van der Waals surface area (Å²) < 4.78 is 30.8. The van der Waals surface area contributed by atoms with E-state index in [9.17, 15) is 13.7 Å². The highest BCUT2D eigenvalue weighted by Gasteiger charge is 2.52. The molecule has 0 unspecified atom stereocenters. The van der Waals surface area contributed by atoms with Gasteiger partial charge in [0.25, 0.3) is 10.0 Å². The molecule has 5 saturated carbocycles. The number of hydrogen-bond acceptors (Lipinski definition) is 6. The van der Waals surface area contributed by atoms with E-state index in [0.29, 0.717) is 24.5 Å². The van der Waals surface area contributed by atoms with Crippen molar-refractivity contribution >= 4 is 37.9 Å². The first-order valence-corrected chi connectivity index (χ1v) is 17.6. The van der Waals surface area contributed by atoms with Gasteiger partial charge in [0, 0.05) is 29.5 Å². The lowest BCUT2D eigenvalue weighted by Gasteiger charge is -2.56. The molecule has 9 nitrogen and oxygen atoms in total. The summed E-state index contributed by atoms with van der Waals surface area (Å²) in [7, 11) is -3.82. The Morgan fingerprint density at radius 1 is 1.02 bits per heavy atom. The third-order valence-electron chi connectivity index (χ3n) is 11.2. The molecule has 1 aromatic carbocycles. The molecule has 4 bridgehead atoms. The molecule has 2 N–H and O–H groups in total. The second-order valence-corrected chi connectivity index (χ2v) is 15.8. The molecule has 0 spiro atoms. The molecular formula is C34H39N7O2S. The van der Waals surface area contributed by atoms with Crippen LogP contribution in [-0.2, 0) is 16.6 Å². The molecule has 5 aliphatic rings. The van der Waals surface area contributed by atoms with Gasteiger partial charge < -0.3 is 10.3 Å². The van der Waals surface area contributed by atoms with Gasteiger partial charge in [0.1, 0.15) is 17.2 Å². The van der Waals surface area contributed by atoms with Gasteiger partial charge in [-0.1, -0.05) is 18.2 Å². The normalized spacial score (nSPS) is 30.2. The summed E-state index contributed by atoms with van der Waals surface area (Å²) in [6, 6.07) is 12.8. The van der Waals surface area contributed by atoms with Crippen LogP contribution in [-0.4, -0.2) is 32.8 Å². The minimum absolute atomic E-state index is 0.0405. The Hall–Kier alpha value is -3.71. The van der Waals surface area contributed by atoms with Crippen molar-refractivity contribution in [1.29, 1.82) is 5.26 Å². The van der Waals surface area contributed by atoms with Crippen molar-refractivity contribution in [3.8, 4) is 6.07 Å². The van der Waals surface area contributed by atoms with Crippen molar-refractivity contribution in [3.63, 3.8) is 0 Å². The van der Waals surface area contributed by atoms with Gasteiger partial charge in [0.15, 0.2) is 5.65 Å². The van der Waals surface area contributed by atoms with E-state index in [1.165, 1.54) is 42.5 Å². The summed E-state index contributed by atoms with van der Waals surface area (Å²) in [4.78, 5) is 15.0. The first kappa shape index (κ1) is 27.8. The standard InChI is InChI=1S/C34H39N7O2S/c35-12-10-22-6-8-26(9-7-22)41-30(21-38-33(36)34-17-23-14-24(18-34)16-25(15-23)19-34)39-29-20-37-32-28(31(29)41)11-13-40(32)44(42,43)27-4-2-1-3-5-27/h1-5,11,13,20,22-26H,6-10,14-19,21H2,(H2,36,38). The number of pyridine rings is 1. The van der Waals surface area contributed by atoms with Crippen LogP contribution < -0.4 is 5.73 Å². The molecule has 5 aliphatic carbocycles. The van der Waals surface area contributed by atoms with Crippen molar-refractivity contribution in [3.05, 3.63) is 54.6 Å². The largest absolute Gasteiger partial charge is 0.387 e. The number of nitrogens with zero attached hydrogens (tertiary/aromatic N) is 6. The summed E-state index contributed by atoms with van der Waals surface area (Å²) in [5.41, 5.74) is 8.97. The maximum absolute atomic E-state index is 13.6. The lowest BCUT2D eigenvalue weighted by Crippen LogP contribution is -2.52. The zero-order chi connectivity index (χ0) is 30.1. The maximum Gasteiger partial charge on any atom is 0.269 e. The molecule has 10 heteroatoms. The monoisotopic (exact) mass is 609 g/mol. The van der Waals surface area contributed by atoms with Gasteiger partial charge in [-0.15, -0.1) is 0 Å². The van der Waals surface area contributed by atoms with Gasteiger partial charge >= 0.3 is 0 Å². The first-order valence-electron chi connectivity index (χ1n) is 16.2. The highest BCUT2D eigenvalue weighted by molar-refractivity contribution is 7.90. The van der Waals surface area contributed by atoms with Crippen LogP contribution in [0.1, 0.15) is 82.5 Å². The number of nitrogens with two attached hydrogens (primary N) is 1. The average Bonchev–Trinajstić information content (AvgIpc) is 3.62. The molecule has 44 heavy (non-hydrogen) atoms. The van der Waals surface area contributed by atoms with Crippen molar-refractivity contribution in [2.45, 2.75) is 88.1 Å². The molecule has 4 aromatic rings. The highest BCUT2D eigenvalue weighted by atomic mass is 32.2. The van der Waals surface area contributed by atoms with Crippen LogP contribution in [0.15, 0.2) is 58.7 Å². The Morgan fingerprint density at radius 3 is 2.36 bits per heavy atom. The molecule has 228 valence electrons. The zero-order valence-corrected chi connectivity index (χ0v) is 25.8. The number of aromatic nitrogens is 4. The van der Waals surface area contributed by atoms with Gasteiger partial charge in [-0.25, -0.2) is 22.4 Å². The van der Waals surface area contributed by atoms with Crippen LogP contribution in [0.5, 0.6) is 0 Å². The van der Waals surface area contributed by atoms with Crippen LogP contribution >= 0.6 is 0 Å². The van der Waals surface area contributed by atoms with Gasteiger partial charge in [-0.05, 0) is 106 Å². The van der Waals surface area contributed by atoms with Crippen molar-refractivity contribution in [1.82, 2.24) is 18.5 Å². The average molecular weight is 610 g/mol. The lowest BCUT2D eigenvalue weighted by molar-refractivity contribution is -0.0131. The van der Waals surface area contributed by atoms with E-state index >= 15 is 0 Å². The number of hydrogen-bond donors (Lipinski definition) is 1. The Balaban J connectivity index is 1.21. The minimum Gasteiger partial charge on any atom is -0.387 e. The predicted molar refractivity (Wildman–Crippen MR) is 169 cm³/mol. The molecule has 3 heterocycles. The fraction of sp³-hybridized carbons (Fsp3) is 0.529. The number of fused-ring (bicyclic) bond motifs is 3. The van der Waals surface area contributed by atoms with Crippen molar-refractivity contribution in [2.24, 2.45) is 39.8 Å². The Morgan fingerprint density at radius 2 is 1.70 bits per heavy atom. The van der Waals surface area contributed by atoms with Crippen LogP contribution in [0.3, 0.4) is 0 Å². The van der Waals surface area contributed by atoms with Crippen LogP contribution in [0, 0.1) is 40.4 Å². The number of benzene rings is 1. The van der Waals surface area contributed by atoms with Crippen LogP contribution in [0.4, 0.5) is 0 Å². The SMILES string of the molecule is N#CCC1CCC(n2c(CN=C(N)C34CC5CC(CC(C5)C3)C4)nc3cnc4c(ccn4S(=O)(=O)c4ccccc4)c32)CC1. The first-order chi connectivity index (χ1) is 21.3. The third-order valence-corrected chi connectivity index (χ3v) is 12.9. The van der Waals surface area contributed by atoms with E-state index in [2.05, 4.69) is 15.6 Å². The number of nitriles is 1. The van der Waals surface area contributed by atoms with Gasteiger partial charge in [0.2, 0.25) is 0 Å². The van der Waals surface area contributed by atoms with E-state index in [4.69, 9.17) is 15.7 Å². The number of imidazole rings is 1. The molecule has 0 radical (unpaired) electrons. The summed E-state index contributed by atoms with van der Waals surface area (Å²) in [6.45, 7) is 0.394. The van der Waals surface area contributed by atoms with Crippen LogP contribution in [0.2, 0.25) is 0 Å². The van der Waals surface area contributed by atoms with Crippen molar-refractivity contribution < 1.29 is 8.42 Å². The second kappa shape index (κ2) is 10.4. The second-order valence-electron chi connectivity index (χ2n) is 14.0. The van der Waals surface area contributed by atoms with Gasteiger partial charge in [-0.3, -0.25) is 4.99 Å². The van der Waals surface area contributed by atoms with E-state index in [1.54, 1.807) is 42.7 Å². The molecule has 5 fully saturated rings. The summed E-state index contributed by atoms with van der Waals surface area (Å²) in [5, 5.41) is 10.0. The molecule has 3 aromatic heterocycles. The fourth-order valence-electron chi connectivity index (χ4n) is 9.58. The fourth-order valence-corrected chi connectivity index (χ4v) is 10.9. The summed E-state index contributed by atoms with van der Waals surface area (Å²) in [5.74, 6) is 4.44. The highest BCUT2D eigenvalue weighted by Crippen LogP contribution is 2.60. The van der Waals surface area contributed by atoms with E-state index in [1.807, 2.05) is 6.07 Å². The number of amidine groups is 1. The van der Waals surface area contributed by atoms with E-state index in [-0.39, 0.29) is 16.4 Å². The van der Waals surface area contributed by atoms with Gasteiger partial charge in [-0.2, -0.15) is 5.26 Å². The molecule has 0 saturated heterocycles. The van der Waals surface area contributed by atoms with Gasteiger partial charge in [0.05, 0.1) is 29.2 Å². The quantitative estimate of drug-likeness (QED) is 0.192. The molecule has 0 amide bonds. The summed E-state index contributed by atoms with van der Waals surface area (Å²) in [6.07, 6.45) is 15.3. The van der Waals surface area contributed by atoms with E-state index in [0.717, 1.165) is 71.5 Å². The lowest BCUT2D eigenvalue weighted by atomic mass is 9.49. The number of aliphatic imine (C=N–C) groups is 1. The molecule has 0 aliphatic heterocycles. The maximum atomic E-state index is 13.6. The molecular weight excluding hydrogens is 570 g/mol. The summed E-state index contributed by atoms with van der Waals surface area (Å²) >= 11 is 0. The van der Waals surface area contributed by atoms with Crippen molar-refractivity contribution in [2.75, 3.05) is 0 Å². The third kappa shape index (κ3) is 4.46. The predicted octanol–water partition coefficient (Wildman–Crippen LogP) is 6.34. The Bertz CT molecular complexity index is 1870. The zero-order valence-electron chi connectivity index (χ0n) is 25.0. The van der Waals surface area contributed by atoms with E-state index < -0.39 is 10.0 Å². The van der Waals surface area contributed by atoms with Crippen LogP contribution in [0.25, 0.3) is 22.1 Å². The number of rotatable bonds is 7. The molecule has 0 atom stereocenters. The Labute approximate surface area is 258 Å². The smallest absolute Gasteiger partial charge is 0.269 e. The Kier molecular flexibility index (Phi) is 6.60. The molecule has 9 rings (SSSR count). The topological polar surface area (TPSA) is 132 Å². The minimum atomic E-state index is -3.82.